The Hall–Kier alpha value is -2.97. The molecule has 0 saturated carbocycles. The fourth-order valence-electron chi connectivity index (χ4n) is 3.36. The van der Waals surface area contributed by atoms with Crippen LogP contribution in [0.25, 0.3) is 6.08 Å². The van der Waals surface area contributed by atoms with Gasteiger partial charge < -0.3 is 14.4 Å². The van der Waals surface area contributed by atoms with Gasteiger partial charge in [0.15, 0.2) is 6.61 Å². The number of ether oxygens (including phenoxy) is 2. The topological polar surface area (TPSA) is 71.4 Å². The molecule has 0 aliphatic carbocycles. The Kier molecular flexibility index (Phi) is 6.48. The Morgan fingerprint density at radius 2 is 1.94 bits per heavy atom. The minimum atomic E-state index is -0.170. The number of hydrazone groups is 1. The molecule has 160 valence electrons. The molecule has 31 heavy (non-hydrogen) atoms. The van der Waals surface area contributed by atoms with Crippen molar-refractivity contribution in [2.75, 3.05) is 37.9 Å². The molecule has 0 spiro atoms. The van der Waals surface area contributed by atoms with Crippen LogP contribution in [-0.4, -0.2) is 55.3 Å². The fraction of sp³-hybridized carbons (Fsp3) is 0.261. The van der Waals surface area contributed by atoms with Gasteiger partial charge in [-0.2, -0.15) is 10.1 Å². The average molecular weight is 484 g/mol. The normalized spacial score (nSPS) is 17.8. The van der Waals surface area contributed by atoms with Crippen LogP contribution in [-0.2, 0) is 14.3 Å². The molecule has 2 aromatic carbocycles. The first kappa shape index (κ1) is 21.3. The number of amides is 2. The van der Waals surface area contributed by atoms with Crippen molar-refractivity contribution in [1.29, 1.82) is 0 Å². The molecule has 4 rings (SSSR count). The maximum Gasteiger partial charge on any atom is 0.280 e. The molecule has 0 bridgehead atoms. The summed E-state index contributed by atoms with van der Waals surface area (Å²) in [5.74, 6) is 0.333. The van der Waals surface area contributed by atoms with Crippen LogP contribution in [0.3, 0.4) is 0 Å². The maximum absolute atomic E-state index is 12.9. The highest BCUT2D eigenvalue weighted by Gasteiger charge is 2.28. The first-order chi connectivity index (χ1) is 15.0. The van der Waals surface area contributed by atoms with E-state index in [9.17, 15) is 9.59 Å². The first-order valence-corrected chi connectivity index (χ1v) is 10.8. The molecule has 2 amide bonds. The SMILES string of the molecule is CC1=NN(c2ccccc2)C(=O)/C1=C/c1ccc(OCC(=O)N2CCOCC2)c(Br)c1. The highest BCUT2D eigenvalue weighted by Crippen LogP contribution is 2.29. The van der Waals surface area contributed by atoms with Crippen LogP contribution < -0.4 is 9.75 Å². The lowest BCUT2D eigenvalue weighted by Crippen LogP contribution is -2.43. The van der Waals surface area contributed by atoms with E-state index in [1.165, 1.54) is 5.01 Å². The number of nitrogens with zero attached hydrogens (tertiary/aromatic N) is 3. The number of hydrogen-bond donors (Lipinski definition) is 0. The molecule has 0 radical (unpaired) electrons. The van der Waals surface area contributed by atoms with Gasteiger partial charge in [-0.1, -0.05) is 24.3 Å². The molecule has 0 N–H and O–H groups in total. The van der Waals surface area contributed by atoms with Crippen LogP contribution >= 0.6 is 15.9 Å². The van der Waals surface area contributed by atoms with Crippen molar-refractivity contribution in [3.63, 3.8) is 0 Å². The first-order valence-electron chi connectivity index (χ1n) is 9.97. The predicted octanol–water partition coefficient (Wildman–Crippen LogP) is 3.49. The molecule has 2 aliphatic rings. The highest BCUT2D eigenvalue weighted by molar-refractivity contribution is 9.10. The number of carbonyl (C=O) groups is 2. The second kappa shape index (κ2) is 9.45. The number of morpholine rings is 1. The largest absolute Gasteiger partial charge is 0.483 e. The summed E-state index contributed by atoms with van der Waals surface area (Å²) in [6.45, 7) is 4.07. The number of rotatable bonds is 5. The Balaban J connectivity index is 1.44. The molecule has 0 unspecified atom stereocenters. The molecule has 2 aromatic rings. The van der Waals surface area contributed by atoms with Gasteiger partial charge in [0.05, 0.1) is 34.7 Å². The summed E-state index contributed by atoms with van der Waals surface area (Å²) in [5, 5.41) is 5.80. The summed E-state index contributed by atoms with van der Waals surface area (Å²) in [7, 11) is 0. The molecule has 2 aliphatic heterocycles. The van der Waals surface area contributed by atoms with E-state index in [1.807, 2.05) is 49.4 Å². The maximum atomic E-state index is 12.9. The number of para-hydroxylation sites is 1. The van der Waals surface area contributed by atoms with Crippen molar-refractivity contribution in [1.82, 2.24) is 4.90 Å². The molecule has 0 aromatic heterocycles. The molecule has 1 fully saturated rings. The Morgan fingerprint density at radius 3 is 2.65 bits per heavy atom. The van der Waals surface area contributed by atoms with Gasteiger partial charge in [-0.25, -0.2) is 0 Å². The van der Waals surface area contributed by atoms with Gasteiger partial charge in [0.2, 0.25) is 0 Å². The molecular weight excluding hydrogens is 462 g/mol. The fourth-order valence-corrected chi connectivity index (χ4v) is 3.87. The van der Waals surface area contributed by atoms with Crippen LogP contribution in [0.15, 0.2) is 63.7 Å². The van der Waals surface area contributed by atoms with Crippen molar-refractivity contribution in [3.8, 4) is 5.75 Å². The minimum absolute atomic E-state index is 0.0324. The molecule has 0 atom stereocenters. The van der Waals surface area contributed by atoms with E-state index in [1.54, 1.807) is 17.0 Å². The molecular formula is C23H22BrN3O4. The third-order valence-electron chi connectivity index (χ3n) is 5.05. The second-order valence-electron chi connectivity index (χ2n) is 7.17. The zero-order valence-electron chi connectivity index (χ0n) is 17.1. The van der Waals surface area contributed by atoms with E-state index >= 15 is 0 Å². The van der Waals surface area contributed by atoms with Gasteiger partial charge in [0, 0.05) is 13.1 Å². The van der Waals surface area contributed by atoms with E-state index < -0.39 is 0 Å². The summed E-state index contributed by atoms with van der Waals surface area (Å²) in [6, 6.07) is 14.8. The Morgan fingerprint density at radius 1 is 1.19 bits per heavy atom. The average Bonchev–Trinajstić information content (AvgIpc) is 3.08. The zero-order chi connectivity index (χ0) is 21.8. The lowest BCUT2D eigenvalue weighted by Gasteiger charge is -2.26. The molecule has 2 heterocycles. The summed E-state index contributed by atoms with van der Waals surface area (Å²) in [5.41, 5.74) is 2.74. The van der Waals surface area contributed by atoms with Gasteiger partial charge in [0.1, 0.15) is 5.75 Å². The third-order valence-corrected chi connectivity index (χ3v) is 5.66. The highest BCUT2D eigenvalue weighted by atomic mass is 79.9. The summed E-state index contributed by atoms with van der Waals surface area (Å²) >= 11 is 3.50. The van der Waals surface area contributed by atoms with Crippen LogP contribution in [0.1, 0.15) is 12.5 Å². The van der Waals surface area contributed by atoms with Gasteiger partial charge in [-0.15, -0.1) is 0 Å². The van der Waals surface area contributed by atoms with Crippen LogP contribution in [0, 0.1) is 0 Å². The van der Waals surface area contributed by atoms with Crippen LogP contribution in [0.4, 0.5) is 5.69 Å². The Bertz CT molecular complexity index is 1050. The summed E-state index contributed by atoms with van der Waals surface area (Å²) in [4.78, 5) is 26.9. The van der Waals surface area contributed by atoms with Crippen molar-refractivity contribution >= 4 is 45.2 Å². The number of benzene rings is 2. The van der Waals surface area contributed by atoms with E-state index in [0.29, 0.717) is 47.8 Å². The van der Waals surface area contributed by atoms with Gasteiger partial charge in [-0.05, 0) is 58.8 Å². The standard InChI is InChI=1S/C23H22BrN3O4/c1-16-19(23(29)27(25-16)18-5-3-2-4-6-18)13-17-7-8-21(20(24)14-17)31-15-22(28)26-9-11-30-12-10-26/h2-8,13-14H,9-12,15H2,1H3/b19-13+. The Labute approximate surface area is 189 Å². The van der Waals surface area contributed by atoms with Crippen LogP contribution in [0.5, 0.6) is 5.75 Å². The summed E-state index contributed by atoms with van der Waals surface area (Å²) < 4.78 is 11.7. The van der Waals surface area contributed by atoms with Crippen molar-refractivity contribution in [2.24, 2.45) is 5.10 Å². The predicted molar refractivity (Wildman–Crippen MR) is 122 cm³/mol. The number of carbonyl (C=O) groups excluding carboxylic acids is 2. The van der Waals surface area contributed by atoms with E-state index in [-0.39, 0.29) is 18.4 Å². The monoisotopic (exact) mass is 483 g/mol. The lowest BCUT2D eigenvalue weighted by atomic mass is 10.1. The number of hydrogen-bond acceptors (Lipinski definition) is 5. The van der Waals surface area contributed by atoms with E-state index in [2.05, 4.69) is 21.0 Å². The smallest absolute Gasteiger partial charge is 0.280 e. The van der Waals surface area contributed by atoms with Gasteiger partial charge >= 0.3 is 0 Å². The third kappa shape index (κ3) is 4.86. The molecule has 1 saturated heterocycles. The number of halogens is 1. The van der Waals surface area contributed by atoms with Crippen molar-refractivity contribution in [2.45, 2.75) is 6.92 Å². The van der Waals surface area contributed by atoms with E-state index in [4.69, 9.17) is 9.47 Å². The van der Waals surface area contributed by atoms with E-state index in [0.717, 1.165) is 11.3 Å². The van der Waals surface area contributed by atoms with Crippen molar-refractivity contribution in [3.05, 3.63) is 64.1 Å². The molecule has 8 heteroatoms. The summed E-state index contributed by atoms with van der Waals surface area (Å²) in [6.07, 6.45) is 1.80. The number of anilines is 1. The second-order valence-corrected chi connectivity index (χ2v) is 8.02. The van der Waals surface area contributed by atoms with Crippen LogP contribution in [0.2, 0.25) is 0 Å². The zero-order valence-corrected chi connectivity index (χ0v) is 18.7. The lowest BCUT2D eigenvalue weighted by molar-refractivity contribution is -0.137. The minimum Gasteiger partial charge on any atom is -0.483 e. The van der Waals surface area contributed by atoms with Gasteiger partial charge in [0.25, 0.3) is 11.8 Å². The quantitative estimate of drug-likeness (QED) is 0.610. The van der Waals surface area contributed by atoms with Gasteiger partial charge in [-0.3, -0.25) is 9.59 Å². The molecule has 7 nitrogen and oxygen atoms in total. The van der Waals surface area contributed by atoms with Crippen molar-refractivity contribution < 1.29 is 19.1 Å².